The second-order valence-electron chi connectivity index (χ2n) is 3.77. The van der Waals surface area contributed by atoms with Crippen LogP contribution in [0.3, 0.4) is 0 Å². The van der Waals surface area contributed by atoms with Crippen LogP contribution in [-0.4, -0.2) is 33.7 Å². The van der Waals surface area contributed by atoms with Crippen molar-refractivity contribution in [2.24, 2.45) is 5.73 Å². The predicted octanol–water partition coefficient (Wildman–Crippen LogP) is -0.553. The topological polar surface area (TPSA) is 111 Å². The Kier molecular flexibility index (Phi) is 4.51. The van der Waals surface area contributed by atoms with E-state index >= 15 is 0 Å². The number of hydrogen-bond acceptors (Lipinski definition) is 5. The van der Waals surface area contributed by atoms with Gasteiger partial charge in [-0.3, -0.25) is 0 Å². The molecule has 8 heteroatoms. The molecule has 0 radical (unpaired) electrons. The largest absolute Gasteiger partial charge is 0.452 e. The molecule has 1 rings (SSSR count). The van der Waals surface area contributed by atoms with Crippen molar-refractivity contribution in [3.8, 4) is 0 Å². The van der Waals surface area contributed by atoms with Gasteiger partial charge in [0.2, 0.25) is 0 Å². The Balaban J connectivity index is 2.54. The highest BCUT2D eigenvalue weighted by atomic mass is 32.2. The zero-order valence-corrected chi connectivity index (χ0v) is 9.92. The molecule has 0 aromatic carbocycles. The molecule has 0 aromatic rings. The Hall–Kier alpha value is -0.860. The molecular formula is C8H17N3O4S. The molecule has 1 fully saturated rings. The Morgan fingerprint density at radius 2 is 2.00 bits per heavy atom. The highest BCUT2D eigenvalue weighted by Gasteiger charge is 2.27. The first-order valence-electron chi connectivity index (χ1n) is 5.08. The van der Waals surface area contributed by atoms with Crippen LogP contribution in [-0.2, 0) is 14.9 Å². The minimum Gasteiger partial charge on any atom is -0.452 e. The summed E-state index contributed by atoms with van der Waals surface area (Å²) in [4.78, 5) is 10.8. The molecule has 1 amide bonds. The van der Waals surface area contributed by atoms with E-state index in [1.54, 1.807) is 4.72 Å². The third-order valence-corrected chi connectivity index (χ3v) is 3.58. The van der Waals surface area contributed by atoms with Gasteiger partial charge in [0, 0.05) is 12.1 Å². The van der Waals surface area contributed by atoms with E-state index in [9.17, 15) is 13.2 Å². The van der Waals surface area contributed by atoms with E-state index in [1.807, 2.05) is 0 Å². The van der Waals surface area contributed by atoms with Gasteiger partial charge in [-0.15, -0.1) is 0 Å². The molecule has 1 aliphatic rings. The number of amides is 1. The van der Waals surface area contributed by atoms with Crippen LogP contribution < -0.4 is 15.2 Å². The summed E-state index contributed by atoms with van der Waals surface area (Å²) in [6.07, 6.45) is 2.38. The number of nitrogens with one attached hydrogen (secondary N) is 2. The van der Waals surface area contributed by atoms with Crippen molar-refractivity contribution in [1.82, 2.24) is 9.44 Å². The first-order valence-corrected chi connectivity index (χ1v) is 6.56. The molecule has 16 heavy (non-hydrogen) atoms. The van der Waals surface area contributed by atoms with Crippen LogP contribution in [0, 0.1) is 0 Å². The van der Waals surface area contributed by atoms with Crippen molar-refractivity contribution in [3.63, 3.8) is 0 Å². The van der Waals surface area contributed by atoms with Gasteiger partial charge in [-0.25, -0.2) is 9.52 Å². The van der Waals surface area contributed by atoms with Gasteiger partial charge in [0.1, 0.15) is 0 Å². The second-order valence-corrected chi connectivity index (χ2v) is 5.22. The Morgan fingerprint density at radius 1 is 1.38 bits per heavy atom. The van der Waals surface area contributed by atoms with E-state index in [0.717, 1.165) is 26.4 Å². The SMILES string of the molecule is COC(=O)NS(=O)(=O)N[C@@H]1CCCC[C@H]1N. The molecule has 0 aromatic heterocycles. The predicted molar refractivity (Wildman–Crippen MR) is 57.8 cm³/mol. The van der Waals surface area contributed by atoms with Crippen LogP contribution in [0.15, 0.2) is 0 Å². The quantitative estimate of drug-likeness (QED) is 0.623. The minimum absolute atomic E-state index is 0.206. The molecular weight excluding hydrogens is 234 g/mol. The van der Waals surface area contributed by atoms with Crippen LogP contribution in [0.2, 0.25) is 0 Å². The van der Waals surface area contributed by atoms with Crippen molar-refractivity contribution < 1.29 is 17.9 Å². The highest BCUT2D eigenvalue weighted by Crippen LogP contribution is 2.17. The van der Waals surface area contributed by atoms with Crippen molar-refractivity contribution in [1.29, 1.82) is 0 Å². The maximum Gasteiger partial charge on any atom is 0.421 e. The van der Waals surface area contributed by atoms with Gasteiger partial charge in [-0.05, 0) is 12.8 Å². The van der Waals surface area contributed by atoms with Gasteiger partial charge < -0.3 is 10.5 Å². The number of hydrogen-bond donors (Lipinski definition) is 3. The molecule has 0 aliphatic heterocycles. The summed E-state index contributed by atoms with van der Waals surface area (Å²) >= 11 is 0. The molecule has 2 atom stereocenters. The summed E-state index contributed by atoms with van der Waals surface area (Å²) in [7, 11) is -2.79. The third-order valence-electron chi connectivity index (χ3n) is 2.53. The second kappa shape index (κ2) is 5.46. The first kappa shape index (κ1) is 13.2. The lowest BCUT2D eigenvalue weighted by atomic mass is 9.92. The van der Waals surface area contributed by atoms with E-state index in [4.69, 9.17) is 5.73 Å². The van der Waals surface area contributed by atoms with Crippen LogP contribution >= 0.6 is 0 Å². The van der Waals surface area contributed by atoms with E-state index in [0.29, 0.717) is 6.42 Å². The van der Waals surface area contributed by atoms with E-state index in [-0.39, 0.29) is 12.1 Å². The average Bonchev–Trinajstić information content (AvgIpc) is 2.20. The normalized spacial score (nSPS) is 26.1. The lowest BCUT2D eigenvalue weighted by Gasteiger charge is -2.28. The van der Waals surface area contributed by atoms with E-state index in [1.165, 1.54) is 0 Å². The van der Waals surface area contributed by atoms with Crippen molar-refractivity contribution in [2.75, 3.05) is 7.11 Å². The smallest absolute Gasteiger partial charge is 0.421 e. The van der Waals surface area contributed by atoms with Gasteiger partial charge in [0.05, 0.1) is 7.11 Å². The molecule has 94 valence electrons. The molecule has 0 heterocycles. The Labute approximate surface area is 94.9 Å². The molecule has 0 bridgehead atoms. The number of ether oxygens (including phenoxy) is 1. The van der Waals surface area contributed by atoms with Crippen LogP contribution in [0.4, 0.5) is 4.79 Å². The highest BCUT2D eigenvalue weighted by molar-refractivity contribution is 7.88. The van der Waals surface area contributed by atoms with E-state index in [2.05, 4.69) is 9.46 Å². The monoisotopic (exact) mass is 251 g/mol. The maximum atomic E-state index is 11.4. The summed E-state index contributed by atoms with van der Waals surface area (Å²) in [5.41, 5.74) is 5.78. The van der Waals surface area contributed by atoms with Crippen molar-refractivity contribution in [3.05, 3.63) is 0 Å². The molecule has 1 saturated carbocycles. The lowest BCUT2D eigenvalue weighted by molar-refractivity contribution is 0.177. The number of rotatable bonds is 3. The van der Waals surface area contributed by atoms with E-state index < -0.39 is 16.3 Å². The minimum atomic E-state index is -3.88. The summed E-state index contributed by atoms with van der Waals surface area (Å²) in [5, 5.41) is 0. The van der Waals surface area contributed by atoms with Crippen molar-refractivity contribution in [2.45, 2.75) is 37.8 Å². The lowest BCUT2D eigenvalue weighted by Crippen LogP contribution is -2.53. The summed E-state index contributed by atoms with van der Waals surface area (Å²) in [6, 6.07) is -0.529. The molecule has 0 unspecified atom stereocenters. The van der Waals surface area contributed by atoms with Crippen LogP contribution in [0.1, 0.15) is 25.7 Å². The fraction of sp³-hybridized carbons (Fsp3) is 0.875. The van der Waals surface area contributed by atoms with Gasteiger partial charge in [0.15, 0.2) is 0 Å². The number of methoxy groups -OCH3 is 1. The van der Waals surface area contributed by atoms with Gasteiger partial charge in [0.25, 0.3) is 0 Å². The molecule has 0 spiro atoms. The standard InChI is InChI=1S/C8H17N3O4S/c1-15-8(12)11-16(13,14)10-7-5-3-2-4-6(7)9/h6-7,10H,2-5,9H2,1H3,(H,11,12)/t6-,7-/m1/s1. The number of nitrogens with two attached hydrogens (primary N) is 1. The molecule has 7 nitrogen and oxygen atoms in total. The maximum absolute atomic E-state index is 11.4. The summed E-state index contributed by atoms with van der Waals surface area (Å²) in [6.45, 7) is 0. The Bertz CT molecular complexity index is 343. The number of carbonyl (C=O) groups excluding carboxylic acids is 1. The van der Waals surface area contributed by atoms with Crippen LogP contribution in [0.5, 0.6) is 0 Å². The zero-order valence-electron chi connectivity index (χ0n) is 9.10. The third kappa shape index (κ3) is 3.95. The zero-order chi connectivity index (χ0) is 12.2. The molecule has 0 saturated heterocycles. The van der Waals surface area contributed by atoms with Gasteiger partial charge in [-0.1, -0.05) is 12.8 Å². The molecule has 4 N–H and O–H groups in total. The first-order chi connectivity index (χ1) is 7.44. The molecule has 1 aliphatic carbocycles. The van der Waals surface area contributed by atoms with Crippen molar-refractivity contribution >= 4 is 16.3 Å². The summed E-state index contributed by atoms with van der Waals surface area (Å²) in [5.74, 6) is 0. The fourth-order valence-corrected chi connectivity index (χ4v) is 2.74. The summed E-state index contributed by atoms with van der Waals surface area (Å²) < 4.78 is 31.1. The van der Waals surface area contributed by atoms with Gasteiger partial charge >= 0.3 is 16.3 Å². The average molecular weight is 251 g/mol. The van der Waals surface area contributed by atoms with Crippen LogP contribution in [0.25, 0.3) is 0 Å². The Morgan fingerprint density at radius 3 is 2.56 bits per heavy atom. The fourth-order valence-electron chi connectivity index (χ4n) is 1.69. The van der Waals surface area contributed by atoms with Gasteiger partial charge in [-0.2, -0.15) is 13.1 Å². The number of carbonyl (C=O) groups is 1.